The molecule has 1 aliphatic rings. The smallest absolute Gasteiger partial charge is 0.265 e. The summed E-state index contributed by atoms with van der Waals surface area (Å²) < 4.78 is 0. The van der Waals surface area contributed by atoms with Gasteiger partial charge in [-0.3, -0.25) is 9.59 Å². The number of carbonyl (C=O) groups is 2. The van der Waals surface area contributed by atoms with Crippen LogP contribution in [0.1, 0.15) is 47.6 Å². The number of nitrogens with zero attached hydrogens (tertiary/aromatic N) is 2. The van der Waals surface area contributed by atoms with Crippen molar-refractivity contribution in [3.8, 4) is 0 Å². The first-order valence-corrected chi connectivity index (χ1v) is 8.10. The van der Waals surface area contributed by atoms with Crippen molar-refractivity contribution in [2.24, 2.45) is 17.1 Å². The minimum absolute atomic E-state index is 0.0128. The van der Waals surface area contributed by atoms with Crippen molar-refractivity contribution in [2.45, 2.75) is 40.5 Å². The molecule has 6 heteroatoms. The molecule has 1 aliphatic heterocycles. The van der Waals surface area contributed by atoms with Crippen LogP contribution >= 0.6 is 11.3 Å². The van der Waals surface area contributed by atoms with Gasteiger partial charge in [-0.15, -0.1) is 11.3 Å². The van der Waals surface area contributed by atoms with Crippen molar-refractivity contribution in [1.82, 2.24) is 9.88 Å². The van der Waals surface area contributed by atoms with E-state index >= 15 is 0 Å². The van der Waals surface area contributed by atoms with Gasteiger partial charge in [0, 0.05) is 13.1 Å². The second kappa shape index (κ2) is 5.75. The van der Waals surface area contributed by atoms with Gasteiger partial charge in [0.2, 0.25) is 5.91 Å². The molecule has 2 rings (SSSR count). The van der Waals surface area contributed by atoms with Gasteiger partial charge in [-0.1, -0.05) is 13.8 Å². The van der Waals surface area contributed by atoms with Crippen LogP contribution in [-0.4, -0.2) is 34.8 Å². The number of likely N-dealkylation sites (tertiary alicyclic amines) is 1. The standard InChI is InChI=1S/C15H23N3O2S/c1-9(2)7-11-12(21-10(3)17-11)13(19)18-6-5-15(4,8-18)14(16)20/h9H,5-8H2,1-4H3,(H2,16,20). The van der Waals surface area contributed by atoms with E-state index in [9.17, 15) is 9.59 Å². The maximum Gasteiger partial charge on any atom is 0.265 e. The second-order valence-corrected chi connectivity index (χ2v) is 7.71. The molecule has 0 bridgehead atoms. The lowest BCUT2D eigenvalue weighted by atomic mass is 9.89. The van der Waals surface area contributed by atoms with Crippen LogP contribution in [0.5, 0.6) is 0 Å². The molecular weight excluding hydrogens is 286 g/mol. The molecule has 2 N–H and O–H groups in total. The van der Waals surface area contributed by atoms with E-state index in [1.807, 2.05) is 13.8 Å². The number of nitrogens with two attached hydrogens (primary N) is 1. The highest BCUT2D eigenvalue weighted by Gasteiger charge is 2.41. The van der Waals surface area contributed by atoms with Gasteiger partial charge in [0.25, 0.3) is 5.91 Å². The van der Waals surface area contributed by atoms with E-state index in [0.717, 1.165) is 22.0 Å². The number of hydrogen-bond donors (Lipinski definition) is 1. The third kappa shape index (κ3) is 3.26. The molecule has 1 aromatic rings. The van der Waals surface area contributed by atoms with E-state index in [-0.39, 0.29) is 11.8 Å². The van der Waals surface area contributed by atoms with Crippen LogP contribution in [0.15, 0.2) is 0 Å². The molecule has 21 heavy (non-hydrogen) atoms. The summed E-state index contributed by atoms with van der Waals surface area (Å²) in [5.74, 6) is 0.106. The number of amides is 2. The normalized spacial score (nSPS) is 22.0. The zero-order chi connectivity index (χ0) is 15.8. The molecule has 2 amide bonds. The third-order valence-electron chi connectivity index (χ3n) is 3.96. The number of hydrogen-bond acceptors (Lipinski definition) is 4. The molecule has 1 aromatic heterocycles. The molecule has 1 unspecified atom stereocenters. The van der Waals surface area contributed by atoms with Crippen LogP contribution in [0.25, 0.3) is 0 Å². The van der Waals surface area contributed by atoms with Gasteiger partial charge in [-0.05, 0) is 32.6 Å². The van der Waals surface area contributed by atoms with Gasteiger partial charge in [0.1, 0.15) is 4.88 Å². The van der Waals surface area contributed by atoms with Crippen LogP contribution in [0.2, 0.25) is 0 Å². The molecule has 116 valence electrons. The molecular formula is C15H23N3O2S. The lowest BCUT2D eigenvalue weighted by Crippen LogP contribution is -2.38. The van der Waals surface area contributed by atoms with Gasteiger partial charge in [-0.2, -0.15) is 0 Å². The lowest BCUT2D eigenvalue weighted by Gasteiger charge is -2.21. The number of aryl methyl sites for hydroxylation is 1. The first-order chi connectivity index (χ1) is 9.73. The Morgan fingerprint density at radius 1 is 1.48 bits per heavy atom. The van der Waals surface area contributed by atoms with Crippen LogP contribution in [0.3, 0.4) is 0 Å². The largest absolute Gasteiger partial charge is 0.369 e. The minimum Gasteiger partial charge on any atom is -0.369 e. The Labute approximate surface area is 129 Å². The Morgan fingerprint density at radius 3 is 2.67 bits per heavy atom. The summed E-state index contributed by atoms with van der Waals surface area (Å²) in [5.41, 5.74) is 5.72. The number of aromatic nitrogens is 1. The zero-order valence-electron chi connectivity index (χ0n) is 13.1. The average molecular weight is 309 g/mol. The molecule has 0 aromatic carbocycles. The summed E-state index contributed by atoms with van der Waals surface area (Å²) in [7, 11) is 0. The van der Waals surface area contributed by atoms with Crippen molar-refractivity contribution >= 4 is 23.2 Å². The van der Waals surface area contributed by atoms with E-state index in [1.165, 1.54) is 11.3 Å². The number of carbonyl (C=O) groups excluding carboxylic acids is 2. The summed E-state index contributed by atoms with van der Waals surface area (Å²) >= 11 is 1.44. The SMILES string of the molecule is Cc1nc(CC(C)C)c(C(=O)N2CCC(C)(C(N)=O)C2)s1. The monoisotopic (exact) mass is 309 g/mol. The Balaban J connectivity index is 2.20. The summed E-state index contributed by atoms with van der Waals surface area (Å²) in [6, 6.07) is 0. The van der Waals surface area contributed by atoms with Crippen LogP contribution in [0.4, 0.5) is 0 Å². The van der Waals surface area contributed by atoms with Crippen molar-refractivity contribution < 1.29 is 9.59 Å². The van der Waals surface area contributed by atoms with Gasteiger partial charge in [0.15, 0.2) is 0 Å². The molecule has 2 heterocycles. The zero-order valence-corrected chi connectivity index (χ0v) is 13.9. The Morgan fingerprint density at radius 2 is 2.14 bits per heavy atom. The van der Waals surface area contributed by atoms with E-state index in [1.54, 1.807) is 4.90 Å². The van der Waals surface area contributed by atoms with E-state index in [4.69, 9.17) is 5.73 Å². The summed E-state index contributed by atoms with van der Waals surface area (Å²) in [5, 5.41) is 0.908. The first kappa shape index (κ1) is 15.9. The predicted octanol–water partition coefficient (Wildman–Crippen LogP) is 1.99. The van der Waals surface area contributed by atoms with Crippen molar-refractivity contribution in [2.75, 3.05) is 13.1 Å². The van der Waals surface area contributed by atoms with Gasteiger partial charge in [-0.25, -0.2) is 4.98 Å². The van der Waals surface area contributed by atoms with E-state index in [2.05, 4.69) is 18.8 Å². The van der Waals surface area contributed by atoms with Crippen molar-refractivity contribution in [1.29, 1.82) is 0 Å². The summed E-state index contributed by atoms with van der Waals surface area (Å²) in [6.45, 7) is 8.96. The van der Waals surface area contributed by atoms with E-state index < -0.39 is 5.41 Å². The third-order valence-corrected chi connectivity index (χ3v) is 4.96. The fourth-order valence-electron chi connectivity index (χ4n) is 2.64. The quantitative estimate of drug-likeness (QED) is 0.924. The summed E-state index contributed by atoms with van der Waals surface area (Å²) in [4.78, 5) is 31.2. The lowest BCUT2D eigenvalue weighted by molar-refractivity contribution is -0.126. The second-order valence-electron chi connectivity index (χ2n) is 6.51. The van der Waals surface area contributed by atoms with E-state index in [0.29, 0.717) is 25.4 Å². The maximum atomic E-state index is 12.7. The highest BCUT2D eigenvalue weighted by Crippen LogP contribution is 2.32. The molecule has 0 aliphatic carbocycles. The Hall–Kier alpha value is -1.43. The van der Waals surface area contributed by atoms with Crippen LogP contribution < -0.4 is 5.73 Å². The van der Waals surface area contributed by atoms with Gasteiger partial charge in [0.05, 0.1) is 16.1 Å². The number of primary amides is 1. The highest BCUT2D eigenvalue weighted by atomic mass is 32.1. The molecule has 1 atom stereocenters. The topological polar surface area (TPSA) is 76.3 Å². The molecule has 0 radical (unpaired) electrons. The molecule has 0 spiro atoms. The Bertz CT molecular complexity index is 567. The Kier molecular flexibility index (Phi) is 4.37. The minimum atomic E-state index is -0.604. The van der Waals surface area contributed by atoms with Crippen molar-refractivity contribution in [3.63, 3.8) is 0 Å². The highest BCUT2D eigenvalue weighted by molar-refractivity contribution is 7.13. The van der Waals surface area contributed by atoms with Gasteiger partial charge < -0.3 is 10.6 Å². The fourth-order valence-corrected chi connectivity index (χ4v) is 3.56. The summed E-state index contributed by atoms with van der Waals surface area (Å²) in [6.07, 6.45) is 1.43. The van der Waals surface area contributed by atoms with Crippen LogP contribution in [0, 0.1) is 18.3 Å². The number of rotatable bonds is 4. The molecule has 1 fully saturated rings. The van der Waals surface area contributed by atoms with Crippen molar-refractivity contribution in [3.05, 3.63) is 15.6 Å². The average Bonchev–Trinajstić information content (AvgIpc) is 2.93. The van der Waals surface area contributed by atoms with Crippen LogP contribution in [-0.2, 0) is 11.2 Å². The first-order valence-electron chi connectivity index (χ1n) is 7.28. The molecule has 1 saturated heterocycles. The fraction of sp³-hybridized carbons (Fsp3) is 0.667. The molecule has 0 saturated carbocycles. The maximum absolute atomic E-state index is 12.7. The number of thiazole rings is 1. The predicted molar refractivity (Wildman–Crippen MR) is 83.2 cm³/mol. The molecule has 5 nitrogen and oxygen atoms in total. The van der Waals surface area contributed by atoms with Gasteiger partial charge >= 0.3 is 0 Å².